The molecule has 1 aromatic rings. The van der Waals surface area contributed by atoms with Gasteiger partial charge in [0.2, 0.25) is 0 Å². The molecule has 0 aliphatic carbocycles. The van der Waals surface area contributed by atoms with E-state index >= 15 is 0 Å². The highest BCUT2D eigenvalue weighted by atomic mass is 15.4. The van der Waals surface area contributed by atoms with Crippen LogP contribution in [0.25, 0.3) is 0 Å². The summed E-state index contributed by atoms with van der Waals surface area (Å²) in [4.78, 5) is 0. The van der Waals surface area contributed by atoms with Crippen LogP contribution in [0.15, 0.2) is 6.20 Å². The molecule has 2 N–H and O–H groups in total. The third-order valence-electron chi connectivity index (χ3n) is 2.57. The lowest BCUT2D eigenvalue weighted by Gasteiger charge is -2.17. The van der Waals surface area contributed by atoms with Gasteiger partial charge in [0.1, 0.15) is 0 Å². The zero-order chi connectivity index (χ0) is 10.6. The van der Waals surface area contributed by atoms with E-state index in [-0.39, 0.29) is 6.04 Å². The lowest BCUT2D eigenvalue weighted by atomic mass is 9.94. The van der Waals surface area contributed by atoms with Crippen molar-refractivity contribution in [1.29, 1.82) is 0 Å². The fourth-order valence-corrected chi connectivity index (χ4v) is 1.60. The number of hydrogen-bond donors (Lipinski definition) is 1. The molecule has 4 heteroatoms. The molecule has 0 radical (unpaired) electrons. The maximum Gasteiger partial charge on any atom is 0.0842 e. The van der Waals surface area contributed by atoms with E-state index in [0.29, 0.717) is 5.92 Å². The summed E-state index contributed by atoms with van der Waals surface area (Å²) < 4.78 is 1.71. The van der Waals surface area contributed by atoms with Crippen LogP contribution in [0.4, 0.5) is 0 Å². The first-order valence-corrected chi connectivity index (χ1v) is 5.24. The molecule has 1 heterocycles. The molecular formula is C10H20N4. The third-order valence-corrected chi connectivity index (χ3v) is 2.57. The van der Waals surface area contributed by atoms with Crippen LogP contribution in [0.5, 0.6) is 0 Å². The fraction of sp³-hybridized carbons (Fsp3) is 0.800. The van der Waals surface area contributed by atoms with Crippen LogP contribution in [-0.4, -0.2) is 21.0 Å². The fourth-order valence-electron chi connectivity index (χ4n) is 1.60. The van der Waals surface area contributed by atoms with Gasteiger partial charge in [-0.05, 0) is 12.3 Å². The first kappa shape index (κ1) is 11.2. The number of hydrogen-bond acceptors (Lipinski definition) is 3. The first-order chi connectivity index (χ1) is 6.63. The minimum atomic E-state index is 0.201. The van der Waals surface area contributed by atoms with Crippen molar-refractivity contribution < 1.29 is 0 Å². The molecule has 1 aromatic heterocycles. The lowest BCUT2D eigenvalue weighted by Crippen LogP contribution is -2.30. The SMILES string of the molecule is CCCC(C)C(N)Cc1cn(C)nn1. The van der Waals surface area contributed by atoms with Crippen LogP contribution in [0, 0.1) is 5.92 Å². The summed E-state index contributed by atoms with van der Waals surface area (Å²) in [5, 5.41) is 7.92. The predicted octanol–water partition coefficient (Wildman–Crippen LogP) is 1.12. The second-order valence-corrected chi connectivity index (χ2v) is 4.02. The zero-order valence-electron chi connectivity index (χ0n) is 9.27. The van der Waals surface area contributed by atoms with Crippen LogP contribution in [0.2, 0.25) is 0 Å². The Morgan fingerprint density at radius 3 is 2.79 bits per heavy atom. The van der Waals surface area contributed by atoms with Gasteiger partial charge in [-0.25, -0.2) is 0 Å². The predicted molar refractivity (Wildman–Crippen MR) is 56.8 cm³/mol. The molecule has 0 saturated heterocycles. The maximum absolute atomic E-state index is 6.07. The molecule has 0 spiro atoms. The molecule has 0 bridgehead atoms. The average molecular weight is 196 g/mol. The molecule has 0 aliphatic heterocycles. The maximum atomic E-state index is 6.07. The molecule has 80 valence electrons. The second kappa shape index (κ2) is 5.10. The summed E-state index contributed by atoms with van der Waals surface area (Å²) >= 11 is 0. The smallest absolute Gasteiger partial charge is 0.0842 e. The van der Waals surface area contributed by atoms with Crippen molar-refractivity contribution in [2.45, 2.75) is 39.2 Å². The summed E-state index contributed by atoms with van der Waals surface area (Å²) in [5.74, 6) is 0.557. The Hall–Kier alpha value is -0.900. The number of nitrogens with zero attached hydrogens (tertiary/aromatic N) is 3. The highest BCUT2D eigenvalue weighted by molar-refractivity contribution is 4.95. The lowest BCUT2D eigenvalue weighted by molar-refractivity contribution is 0.417. The van der Waals surface area contributed by atoms with Crippen molar-refractivity contribution in [2.24, 2.45) is 18.7 Å². The van der Waals surface area contributed by atoms with E-state index in [2.05, 4.69) is 24.2 Å². The van der Waals surface area contributed by atoms with Crippen molar-refractivity contribution in [3.63, 3.8) is 0 Å². The highest BCUT2D eigenvalue weighted by Gasteiger charge is 2.13. The van der Waals surface area contributed by atoms with E-state index in [9.17, 15) is 0 Å². The molecule has 0 fully saturated rings. The second-order valence-electron chi connectivity index (χ2n) is 4.02. The monoisotopic (exact) mass is 196 g/mol. The van der Waals surface area contributed by atoms with Gasteiger partial charge in [-0.2, -0.15) is 0 Å². The van der Waals surface area contributed by atoms with Gasteiger partial charge in [-0.1, -0.05) is 25.5 Å². The minimum Gasteiger partial charge on any atom is -0.327 e. The molecule has 0 aromatic carbocycles. The van der Waals surface area contributed by atoms with Crippen molar-refractivity contribution in [3.05, 3.63) is 11.9 Å². The molecule has 2 unspecified atom stereocenters. The number of aromatic nitrogens is 3. The summed E-state index contributed by atoms with van der Waals surface area (Å²) in [7, 11) is 1.87. The van der Waals surface area contributed by atoms with Crippen molar-refractivity contribution >= 4 is 0 Å². The van der Waals surface area contributed by atoms with E-state index in [1.54, 1.807) is 4.68 Å². The summed E-state index contributed by atoms with van der Waals surface area (Å²) in [5.41, 5.74) is 7.06. The Labute approximate surface area is 85.5 Å². The van der Waals surface area contributed by atoms with Crippen LogP contribution >= 0.6 is 0 Å². The van der Waals surface area contributed by atoms with E-state index in [0.717, 1.165) is 12.1 Å². The Kier molecular flexibility index (Phi) is 4.07. The third kappa shape index (κ3) is 3.10. The molecule has 14 heavy (non-hydrogen) atoms. The molecule has 1 rings (SSSR count). The van der Waals surface area contributed by atoms with Gasteiger partial charge in [0, 0.05) is 25.7 Å². The zero-order valence-corrected chi connectivity index (χ0v) is 9.27. The van der Waals surface area contributed by atoms with Gasteiger partial charge in [-0.3, -0.25) is 4.68 Å². The Balaban J connectivity index is 2.43. The van der Waals surface area contributed by atoms with Crippen molar-refractivity contribution in [1.82, 2.24) is 15.0 Å². The molecule has 0 saturated carbocycles. The standard InChI is InChI=1S/C10H20N4/c1-4-5-8(2)10(11)6-9-7-14(3)13-12-9/h7-8,10H,4-6,11H2,1-3H3. The van der Waals surface area contributed by atoms with Crippen LogP contribution < -0.4 is 5.73 Å². The Morgan fingerprint density at radius 1 is 1.57 bits per heavy atom. The summed E-state index contributed by atoms with van der Waals surface area (Å²) in [6.45, 7) is 4.38. The van der Waals surface area contributed by atoms with Gasteiger partial charge >= 0.3 is 0 Å². The van der Waals surface area contributed by atoms with Gasteiger partial charge in [-0.15, -0.1) is 5.10 Å². The van der Waals surface area contributed by atoms with E-state index in [4.69, 9.17) is 5.73 Å². The first-order valence-electron chi connectivity index (χ1n) is 5.24. The molecule has 4 nitrogen and oxygen atoms in total. The normalized spacial score (nSPS) is 15.4. The number of aryl methyl sites for hydroxylation is 1. The Bertz CT molecular complexity index is 269. The van der Waals surface area contributed by atoms with Gasteiger partial charge in [0.15, 0.2) is 0 Å². The van der Waals surface area contributed by atoms with E-state index in [1.807, 2.05) is 13.2 Å². The summed E-state index contributed by atoms with van der Waals surface area (Å²) in [6, 6.07) is 0.201. The summed E-state index contributed by atoms with van der Waals surface area (Å²) in [6.07, 6.45) is 5.13. The largest absolute Gasteiger partial charge is 0.327 e. The van der Waals surface area contributed by atoms with Gasteiger partial charge in [0.05, 0.1) is 5.69 Å². The van der Waals surface area contributed by atoms with Crippen molar-refractivity contribution in [2.75, 3.05) is 0 Å². The van der Waals surface area contributed by atoms with Crippen LogP contribution in [0.1, 0.15) is 32.4 Å². The molecule has 2 atom stereocenters. The average Bonchev–Trinajstić information content (AvgIpc) is 2.51. The minimum absolute atomic E-state index is 0.201. The number of nitrogens with two attached hydrogens (primary N) is 1. The molecular weight excluding hydrogens is 176 g/mol. The number of rotatable bonds is 5. The van der Waals surface area contributed by atoms with E-state index in [1.165, 1.54) is 12.8 Å². The Morgan fingerprint density at radius 2 is 2.29 bits per heavy atom. The topological polar surface area (TPSA) is 56.7 Å². The quantitative estimate of drug-likeness (QED) is 0.767. The highest BCUT2D eigenvalue weighted by Crippen LogP contribution is 2.11. The van der Waals surface area contributed by atoms with Crippen LogP contribution in [-0.2, 0) is 13.5 Å². The molecule has 0 amide bonds. The van der Waals surface area contributed by atoms with Gasteiger partial charge < -0.3 is 5.73 Å². The molecule has 0 aliphatic rings. The van der Waals surface area contributed by atoms with Gasteiger partial charge in [0.25, 0.3) is 0 Å². The van der Waals surface area contributed by atoms with E-state index < -0.39 is 0 Å². The van der Waals surface area contributed by atoms with Crippen LogP contribution in [0.3, 0.4) is 0 Å². The van der Waals surface area contributed by atoms with Crippen molar-refractivity contribution in [3.8, 4) is 0 Å².